The summed E-state index contributed by atoms with van der Waals surface area (Å²) in [6.07, 6.45) is -0.100. The number of likely N-dealkylation sites (tertiary alicyclic amines) is 1. The van der Waals surface area contributed by atoms with Crippen molar-refractivity contribution in [3.8, 4) is 0 Å². The summed E-state index contributed by atoms with van der Waals surface area (Å²) in [5.74, 6) is -3.63. The van der Waals surface area contributed by atoms with Gasteiger partial charge in [-0.15, -0.1) is 0 Å². The average molecular weight is 273 g/mol. The van der Waals surface area contributed by atoms with Gasteiger partial charge in [0.05, 0.1) is 5.92 Å². The first kappa shape index (κ1) is 15.3. The SMILES string of the molecule is CC(C)(C)OC(=O)N1CCCC(C(=O)O)C1C(=O)O. The Labute approximate surface area is 111 Å². The lowest BCUT2D eigenvalue weighted by molar-refractivity contribution is -0.157. The Balaban J connectivity index is 2.93. The van der Waals surface area contributed by atoms with Crippen molar-refractivity contribution >= 4 is 18.0 Å². The standard InChI is InChI=1S/C12H19NO6/c1-12(2,3)19-11(18)13-6-4-5-7(9(14)15)8(13)10(16)17/h7-8H,4-6H2,1-3H3,(H,14,15)(H,16,17). The Bertz CT molecular complexity index is 386. The topological polar surface area (TPSA) is 104 Å². The van der Waals surface area contributed by atoms with E-state index >= 15 is 0 Å². The maximum absolute atomic E-state index is 11.9. The van der Waals surface area contributed by atoms with Gasteiger partial charge < -0.3 is 14.9 Å². The molecule has 1 saturated heterocycles. The van der Waals surface area contributed by atoms with Gasteiger partial charge >= 0.3 is 18.0 Å². The highest BCUT2D eigenvalue weighted by molar-refractivity contribution is 5.86. The second-order valence-corrected chi connectivity index (χ2v) is 5.54. The molecule has 1 amide bonds. The molecule has 1 aliphatic rings. The first-order valence-electron chi connectivity index (χ1n) is 6.08. The van der Waals surface area contributed by atoms with Crippen molar-refractivity contribution in [2.75, 3.05) is 6.54 Å². The number of amides is 1. The molecule has 7 heteroatoms. The highest BCUT2D eigenvalue weighted by Crippen LogP contribution is 2.26. The fourth-order valence-electron chi connectivity index (χ4n) is 2.09. The summed E-state index contributed by atoms with van der Waals surface area (Å²) >= 11 is 0. The minimum Gasteiger partial charge on any atom is -0.481 e. The normalized spacial score (nSPS) is 23.8. The molecule has 0 aromatic carbocycles. The van der Waals surface area contributed by atoms with Gasteiger partial charge in [-0.2, -0.15) is 0 Å². The molecule has 1 rings (SSSR count). The molecule has 1 aliphatic heterocycles. The van der Waals surface area contributed by atoms with Gasteiger partial charge in [0.1, 0.15) is 11.6 Å². The van der Waals surface area contributed by atoms with Gasteiger partial charge in [0.25, 0.3) is 0 Å². The molecular weight excluding hydrogens is 254 g/mol. The predicted molar refractivity (Wildman–Crippen MR) is 64.7 cm³/mol. The van der Waals surface area contributed by atoms with Crippen LogP contribution in [0.3, 0.4) is 0 Å². The third-order valence-electron chi connectivity index (χ3n) is 2.83. The highest BCUT2D eigenvalue weighted by Gasteiger charge is 2.44. The Morgan fingerprint density at radius 3 is 2.16 bits per heavy atom. The first-order chi connectivity index (χ1) is 8.63. The molecule has 2 unspecified atom stereocenters. The Morgan fingerprint density at radius 1 is 1.16 bits per heavy atom. The third-order valence-corrected chi connectivity index (χ3v) is 2.83. The van der Waals surface area contributed by atoms with Crippen molar-refractivity contribution in [3.05, 3.63) is 0 Å². The van der Waals surface area contributed by atoms with Crippen LogP contribution in [0, 0.1) is 5.92 Å². The zero-order chi connectivity index (χ0) is 14.8. The van der Waals surface area contributed by atoms with Crippen molar-refractivity contribution in [3.63, 3.8) is 0 Å². The van der Waals surface area contributed by atoms with E-state index in [1.165, 1.54) is 0 Å². The van der Waals surface area contributed by atoms with Gasteiger partial charge in [0.2, 0.25) is 0 Å². The van der Waals surface area contributed by atoms with Crippen LogP contribution in [0.2, 0.25) is 0 Å². The summed E-state index contributed by atoms with van der Waals surface area (Å²) in [7, 11) is 0. The fourth-order valence-corrected chi connectivity index (χ4v) is 2.09. The van der Waals surface area contributed by atoms with Gasteiger partial charge in [-0.25, -0.2) is 9.59 Å². The molecule has 0 radical (unpaired) electrons. The number of piperidine rings is 1. The lowest BCUT2D eigenvalue weighted by Gasteiger charge is -2.37. The number of carboxylic acid groups (broad SMARTS) is 2. The number of carbonyl (C=O) groups excluding carboxylic acids is 1. The number of hydrogen-bond donors (Lipinski definition) is 2. The first-order valence-corrected chi connectivity index (χ1v) is 6.08. The maximum Gasteiger partial charge on any atom is 0.411 e. The van der Waals surface area contributed by atoms with Crippen LogP contribution in [-0.2, 0) is 14.3 Å². The molecule has 0 aliphatic carbocycles. The zero-order valence-corrected chi connectivity index (χ0v) is 11.3. The van der Waals surface area contributed by atoms with Gasteiger partial charge in [-0.1, -0.05) is 0 Å². The summed E-state index contributed by atoms with van der Waals surface area (Å²) in [5.41, 5.74) is -0.754. The van der Waals surface area contributed by atoms with Gasteiger partial charge in [-0.05, 0) is 33.6 Å². The minimum absolute atomic E-state index is 0.190. The number of carbonyl (C=O) groups is 3. The molecule has 19 heavy (non-hydrogen) atoms. The van der Waals surface area contributed by atoms with Crippen LogP contribution >= 0.6 is 0 Å². The fraction of sp³-hybridized carbons (Fsp3) is 0.750. The molecule has 0 saturated carbocycles. The van der Waals surface area contributed by atoms with E-state index < -0.39 is 35.6 Å². The van der Waals surface area contributed by atoms with E-state index in [2.05, 4.69) is 0 Å². The maximum atomic E-state index is 11.9. The van der Waals surface area contributed by atoms with Crippen LogP contribution in [0.4, 0.5) is 4.79 Å². The summed E-state index contributed by atoms with van der Waals surface area (Å²) in [6, 6.07) is -1.37. The molecule has 0 bridgehead atoms. The molecule has 1 heterocycles. The number of hydrogen-bond acceptors (Lipinski definition) is 4. The minimum atomic E-state index is -1.37. The number of aliphatic carboxylic acids is 2. The molecular formula is C12H19NO6. The Kier molecular flexibility index (Phi) is 4.39. The Hall–Kier alpha value is -1.79. The van der Waals surface area contributed by atoms with Crippen molar-refractivity contribution in [2.24, 2.45) is 5.92 Å². The molecule has 2 N–H and O–H groups in total. The number of carboxylic acids is 2. The van der Waals surface area contributed by atoms with Crippen molar-refractivity contribution in [1.29, 1.82) is 0 Å². The second kappa shape index (κ2) is 5.46. The van der Waals surface area contributed by atoms with E-state index in [1.54, 1.807) is 20.8 Å². The molecule has 0 aromatic rings. The summed E-state index contributed by atoms with van der Waals surface area (Å²) < 4.78 is 5.12. The second-order valence-electron chi connectivity index (χ2n) is 5.54. The Morgan fingerprint density at radius 2 is 1.74 bits per heavy atom. The molecule has 2 atom stereocenters. The highest BCUT2D eigenvalue weighted by atomic mass is 16.6. The number of rotatable bonds is 2. The molecule has 0 aromatic heterocycles. The van der Waals surface area contributed by atoms with E-state index in [9.17, 15) is 14.4 Å². The molecule has 1 fully saturated rings. The van der Waals surface area contributed by atoms with Crippen LogP contribution < -0.4 is 0 Å². The molecule has 0 spiro atoms. The zero-order valence-electron chi connectivity index (χ0n) is 11.3. The quantitative estimate of drug-likeness (QED) is 0.782. The van der Waals surface area contributed by atoms with E-state index in [0.29, 0.717) is 6.42 Å². The smallest absolute Gasteiger partial charge is 0.411 e. The van der Waals surface area contributed by atoms with Gasteiger partial charge in [0, 0.05) is 6.54 Å². The predicted octanol–water partition coefficient (Wildman–Crippen LogP) is 1.17. The van der Waals surface area contributed by atoms with Crippen molar-refractivity contribution < 1.29 is 29.3 Å². The van der Waals surface area contributed by atoms with Crippen LogP contribution in [0.5, 0.6) is 0 Å². The van der Waals surface area contributed by atoms with Crippen molar-refractivity contribution in [2.45, 2.75) is 45.3 Å². The molecule has 108 valence electrons. The summed E-state index contributed by atoms with van der Waals surface area (Å²) in [6.45, 7) is 5.19. The van der Waals surface area contributed by atoms with Gasteiger partial charge in [-0.3, -0.25) is 9.69 Å². The van der Waals surface area contributed by atoms with Crippen LogP contribution in [0.1, 0.15) is 33.6 Å². The lowest BCUT2D eigenvalue weighted by Crippen LogP contribution is -2.55. The van der Waals surface area contributed by atoms with Crippen molar-refractivity contribution in [1.82, 2.24) is 4.90 Å². The van der Waals surface area contributed by atoms with Gasteiger partial charge in [0.15, 0.2) is 0 Å². The average Bonchev–Trinajstić information content (AvgIpc) is 2.25. The largest absolute Gasteiger partial charge is 0.481 e. The lowest BCUT2D eigenvalue weighted by atomic mass is 9.89. The monoisotopic (exact) mass is 273 g/mol. The number of nitrogens with zero attached hydrogens (tertiary/aromatic N) is 1. The van der Waals surface area contributed by atoms with E-state index in [-0.39, 0.29) is 13.0 Å². The number of ether oxygens (including phenoxy) is 1. The van der Waals surface area contributed by atoms with Crippen LogP contribution in [-0.4, -0.2) is 51.3 Å². The van der Waals surface area contributed by atoms with E-state index in [1.807, 2.05) is 0 Å². The summed E-state index contributed by atoms with van der Waals surface area (Å²) in [5, 5.41) is 18.2. The van der Waals surface area contributed by atoms with Crippen LogP contribution in [0.15, 0.2) is 0 Å². The van der Waals surface area contributed by atoms with E-state index in [0.717, 1.165) is 4.90 Å². The summed E-state index contributed by atoms with van der Waals surface area (Å²) in [4.78, 5) is 35.3. The third kappa shape index (κ3) is 3.84. The van der Waals surface area contributed by atoms with E-state index in [4.69, 9.17) is 14.9 Å². The molecule has 7 nitrogen and oxygen atoms in total. The van der Waals surface area contributed by atoms with Crippen LogP contribution in [0.25, 0.3) is 0 Å².